The molecule has 4 rings (SSSR count). The quantitative estimate of drug-likeness (QED) is 0.702. The number of aryl methyl sites for hydroxylation is 1. The Morgan fingerprint density at radius 1 is 0.906 bits per heavy atom. The van der Waals surface area contributed by atoms with Gasteiger partial charge >= 0.3 is 0 Å². The van der Waals surface area contributed by atoms with Gasteiger partial charge in [0.15, 0.2) is 0 Å². The number of nitrogens with zero attached hydrogens (tertiary/aromatic N) is 2. The number of hydrogen-bond donors (Lipinski definition) is 2. The third-order valence-corrected chi connectivity index (χ3v) is 6.55. The van der Waals surface area contributed by atoms with Gasteiger partial charge in [0, 0.05) is 43.5 Å². The van der Waals surface area contributed by atoms with E-state index in [1.54, 1.807) is 0 Å². The molecule has 0 bridgehead atoms. The van der Waals surface area contributed by atoms with Crippen LogP contribution in [0.3, 0.4) is 0 Å². The molecule has 2 saturated heterocycles. The van der Waals surface area contributed by atoms with Gasteiger partial charge in [0.05, 0.1) is 5.56 Å². The Morgan fingerprint density at radius 2 is 1.59 bits per heavy atom. The predicted molar refractivity (Wildman–Crippen MR) is 128 cm³/mol. The molecule has 0 atom stereocenters. The molecule has 2 aromatic rings. The molecule has 0 aliphatic carbocycles. The van der Waals surface area contributed by atoms with Crippen LogP contribution in [0, 0.1) is 6.92 Å². The molecule has 170 valence electrons. The van der Waals surface area contributed by atoms with Crippen molar-refractivity contribution >= 4 is 17.5 Å². The maximum absolute atomic E-state index is 12.9. The molecule has 2 fully saturated rings. The number of amides is 2. The first-order chi connectivity index (χ1) is 15.6. The largest absolute Gasteiger partial charge is 0.371 e. The van der Waals surface area contributed by atoms with Gasteiger partial charge in [-0.05, 0) is 70.0 Å². The van der Waals surface area contributed by atoms with Crippen molar-refractivity contribution in [3.63, 3.8) is 0 Å². The first-order valence-corrected chi connectivity index (χ1v) is 11.8. The van der Waals surface area contributed by atoms with Gasteiger partial charge in [-0.2, -0.15) is 0 Å². The van der Waals surface area contributed by atoms with Crippen molar-refractivity contribution in [2.24, 2.45) is 0 Å². The van der Waals surface area contributed by atoms with E-state index in [1.807, 2.05) is 55.5 Å². The number of carbonyl (C=O) groups is 2. The Balaban J connectivity index is 1.29. The number of likely N-dealkylation sites (tertiary alicyclic amines) is 1. The number of anilines is 1. The summed E-state index contributed by atoms with van der Waals surface area (Å²) >= 11 is 0. The zero-order valence-electron chi connectivity index (χ0n) is 19.0. The van der Waals surface area contributed by atoms with Crippen LogP contribution in [-0.4, -0.2) is 62.0 Å². The van der Waals surface area contributed by atoms with Gasteiger partial charge in [-0.3, -0.25) is 9.59 Å². The second-order valence-corrected chi connectivity index (χ2v) is 8.92. The Labute approximate surface area is 191 Å². The van der Waals surface area contributed by atoms with Crippen LogP contribution >= 0.6 is 0 Å². The first kappa shape index (κ1) is 22.3. The monoisotopic (exact) mass is 434 g/mol. The van der Waals surface area contributed by atoms with Gasteiger partial charge < -0.3 is 20.4 Å². The minimum absolute atomic E-state index is 0.00501. The lowest BCUT2D eigenvalue weighted by Gasteiger charge is -2.35. The number of hydrogen-bond acceptors (Lipinski definition) is 4. The van der Waals surface area contributed by atoms with Crippen molar-refractivity contribution in [1.82, 2.24) is 15.5 Å². The maximum atomic E-state index is 12.9. The maximum Gasteiger partial charge on any atom is 0.253 e. The highest BCUT2D eigenvalue weighted by Crippen LogP contribution is 2.24. The SMILES string of the molecule is Cc1ccc(C(=O)NC2CCN(c3ccccc3C(=O)NCCN3CCCC3)CC2)cc1. The number of para-hydroxylation sites is 1. The standard InChI is InChI=1S/C26H34N4O2/c1-20-8-10-21(11-9-20)25(31)28-22-12-17-30(18-13-22)24-7-3-2-6-23(24)26(32)27-14-19-29-15-4-5-16-29/h2-3,6-11,22H,4-5,12-19H2,1H3,(H,27,32)(H,28,31). The number of piperidine rings is 1. The Morgan fingerprint density at radius 3 is 2.31 bits per heavy atom. The molecule has 2 aliphatic rings. The van der Waals surface area contributed by atoms with Crippen molar-refractivity contribution in [1.29, 1.82) is 0 Å². The van der Waals surface area contributed by atoms with Crippen LogP contribution in [0.4, 0.5) is 5.69 Å². The summed E-state index contributed by atoms with van der Waals surface area (Å²) in [5.74, 6) is -0.0178. The second-order valence-electron chi connectivity index (χ2n) is 8.92. The molecular formula is C26H34N4O2. The van der Waals surface area contributed by atoms with E-state index >= 15 is 0 Å². The van der Waals surface area contributed by atoms with E-state index < -0.39 is 0 Å². The normalized spacial score (nSPS) is 17.3. The minimum Gasteiger partial charge on any atom is -0.371 e. The van der Waals surface area contributed by atoms with E-state index in [1.165, 1.54) is 12.8 Å². The molecular weight excluding hydrogens is 400 g/mol. The fourth-order valence-electron chi connectivity index (χ4n) is 4.61. The summed E-state index contributed by atoms with van der Waals surface area (Å²) in [6.45, 7) is 7.53. The van der Waals surface area contributed by atoms with Gasteiger partial charge in [-0.15, -0.1) is 0 Å². The summed E-state index contributed by atoms with van der Waals surface area (Å²) < 4.78 is 0. The van der Waals surface area contributed by atoms with Crippen LogP contribution < -0.4 is 15.5 Å². The highest BCUT2D eigenvalue weighted by atomic mass is 16.2. The average molecular weight is 435 g/mol. The molecule has 6 nitrogen and oxygen atoms in total. The highest BCUT2D eigenvalue weighted by Gasteiger charge is 2.24. The molecule has 6 heteroatoms. The third-order valence-electron chi connectivity index (χ3n) is 6.55. The molecule has 2 N–H and O–H groups in total. The molecule has 0 aromatic heterocycles. The Kier molecular flexibility index (Phi) is 7.43. The third kappa shape index (κ3) is 5.68. The summed E-state index contributed by atoms with van der Waals surface area (Å²) in [6, 6.07) is 15.7. The molecule has 0 radical (unpaired) electrons. The lowest BCUT2D eigenvalue weighted by molar-refractivity contribution is 0.0929. The molecule has 0 saturated carbocycles. The molecule has 0 unspecified atom stereocenters. The summed E-state index contributed by atoms with van der Waals surface area (Å²) in [5, 5.41) is 6.27. The smallest absolute Gasteiger partial charge is 0.253 e. The molecule has 2 amide bonds. The number of benzene rings is 2. The predicted octanol–water partition coefficient (Wildman–Crippen LogP) is 3.22. The summed E-state index contributed by atoms with van der Waals surface area (Å²) in [7, 11) is 0. The van der Waals surface area contributed by atoms with Gasteiger partial charge in [-0.1, -0.05) is 29.8 Å². The van der Waals surface area contributed by atoms with E-state index in [0.717, 1.165) is 62.4 Å². The second kappa shape index (κ2) is 10.6. The van der Waals surface area contributed by atoms with Crippen LogP contribution in [0.1, 0.15) is 52.0 Å². The fourth-order valence-corrected chi connectivity index (χ4v) is 4.61. The van der Waals surface area contributed by atoms with E-state index in [2.05, 4.69) is 20.4 Å². The first-order valence-electron chi connectivity index (χ1n) is 11.8. The van der Waals surface area contributed by atoms with Crippen LogP contribution in [0.5, 0.6) is 0 Å². The van der Waals surface area contributed by atoms with Crippen molar-refractivity contribution in [3.8, 4) is 0 Å². The molecule has 2 heterocycles. The van der Waals surface area contributed by atoms with Gasteiger partial charge in [-0.25, -0.2) is 0 Å². The summed E-state index contributed by atoms with van der Waals surface area (Å²) in [5.41, 5.74) is 3.56. The fraction of sp³-hybridized carbons (Fsp3) is 0.462. The van der Waals surface area contributed by atoms with Gasteiger partial charge in [0.25, 0.3) is 11.8 Å². The molecule has 32 heavy (non-hydrogen) atoms. The van der Waals surface area contributed by atoms with E-state index in [0.29, 0.717) is 12.1 Å². The lowest BCUT2D eigenvalue weighted by Crippen LogP contribution is -2.45. The van der Waals surface area contributed by atoms with E-state index in [-0.39, 0.29) is 17.9 Å². The van der Waals surface area contributed by atoms with Crippen molar-refractivity contribution < 1.29 is 9.59 Å². The Hall–Kier alpha value is -2.86. The van der Waals surface area contributed by atoms with Crippen molar-refractivity contribution in [3.05, 3.63) is 65.2 Å². The Bertz CT molecular complexity index is 914. The highest BCUT2D eigenvalue weighted by molar-refractivity contribution is 5.99. The molecule has 0 spiro atoms. The molecule has 2 aliphatic heterocycles. The topological polar surface area (TPSA) is 64.7 Å². The van der Waals surface area contributed by atoms with Crippen LogP contribution in [-0.2, 0) is 0 Å². The zero-order chi connectivity index (χ0) is 22.3. The number of carbonyl (C=O) groups excluding carboxylic acids is 2. The summed E-state index contributed by atoms with van der Waals surface area (Å²) in [4.78, 5) is 30.1. The van der Waals surface area contributed by atoms with E-state index in [9.17, 15) is 9.59 Å². The summed E-state index contributed by atoms with van der Waals surface area (Å²) in [6.07, 6.45) is 4.25. The van der Waals surface area contributed by atoms with E-state index in [4.69, 9.17) is 0 Å². The van der Waals surface area contributed by atoms with Gasteiger partial charge in [0.2, 0.25) is 0 Å². The van der Waals surface area contributed by atoms with Crippen molar-refractivity contribution in [2.45, 2.75) is 38.6 Å². The van der Waals surface area contributed by atoms with Crippen LogP contribution in [0.2, 0.25) is 0 Å². The number of nitrogens with one attached hydrogen (secondary N) is 2. The average Bonchev–Trinajstić information content (AvgIpc) is 3.33. The van der Waals surface area contributed by atoms with Crippen LogP contribution in [0.25, 0.3) is 0 Å². The minimum atomic E-state index is -0.0127. The van der Waals surface area contributed by atoms with Gasteiger partial charge in [0.1, 0.15) is 0 Å². The van der Waals surface area contributed by atoms with Crippen LogP contribution in [0.15, 0.2) is 48.5 Å². The van der Waals surface area contributed by atoms with Crippen molar-refractivity contribution in [2.75, 3.05) is 44.2 Å². The molecule has 2 aromatic carbocycles. The zero-order valence-corrected chi connectivity index (χ0v) is 19.0. The lowest BCUT2D eigenvalue weighted by atomic mass is 10.0. The number of rotatable bonds is 7.